The monoisotopic (exact) mass is 466 g/mol. The van der Waals surface area contributed by atoms with Crippen molar-refractivity contribution in [2.45, 2.75) is 101 Å². The van der Waals surface area contributed by atoms with Gasteiger partial charge in [0.15, 0.2) is 5.79 Å². The zero-order valence-electron chi connectivity index (χ0n) is 20.2. The molecule has 2 aromatic rings. The first-order valence-electron chi connectivity index (χ1n) is 12.7. The predicted molar refractivity (Wildman–Crippen MR) is 133 cm³/mol. The molecule has 2 aromatic carbocycles. The van der Waals surface area contributed by atoms with Gasteiger partial charge in [0.05, 0.1) is 18.3 Å². The first-order chi connectivity index (χ1) is 15.8. The van der Waals surface area contributed by atoms with E-state index < -0.39 is 20.2 Å². The van der Waals surface area contributed by atoms with Crippen molar-refractivity contribution < 1.29 is 19.0 Å². The second-order valence-electron chi connectivity index (χ2n) is 11.2. The van der Waals surface area contributed by atoms with Crippen LogP contribution in [0, 0.1) is 0 Å². The van der Waals surface area contributed by atoms with Gasteiger partial charge in [-0.15, -0.1) is 0 Å². The Labute approximate surface area is 199 Å². The maximum absolute atomic E-state index is 11.1. The average Bonchev–Trinajstić information content (AvgIpc) is 3.16. The van der Waals surface area contributed by atoms with E-state index in [9.17, 15) is 5.11 Å². The third-order valence-corrected chi connectivity index (χ3v) is 12.9. The van der Waals surface area contributed by atoms with Gasteiger partial charge in [0.25, 0.3) is 8.32 Å². The van der Waals surface area contributed by atoms with Crippen molar-refractivity contribution >= 4 is 18.7 Å². The van der Waals surface area contributed by atoms with Crippen LogP contribution in [0.25, 0.3) is 0 Å². The van der Waals surface area contributed by atoms with E-state index in [4.69, 9.17) is 13.9 Å². The van der Waals surface area contributed by atoms with Gasteiger partial charge in [-0.2, -0.15) is 0 Å². The molecule has 3 aliphatic rings. The lowest BCUT2D eigenvalue weighted by Crippen LogP contribution is -2.68. The van der Waals surface area contributed by atoms with Crippen molar-refractivity contribution in [1.82, 2.24) is 0 Å². The van der Waals surface area contributed by atoms with E-state index in [0.717, 1.165) is 32.1 Å². The molecule has 5 rings (SSSR count). The van der Waals surface area contributed by atoms with Gasteiger partial charge >= 0.3 is 0 Å². The quantitative estimate of drug-likeness (QED) is 0.673. The highest BCUT2D eigenvalue weighted by Crippen LogP contribution is 2.46. The number of fused-ring (bicyclic) bond motifs is 1. The number of benzene rings is 2. The largest absolute Gasteiger partial charge is 0.404 e. The van der Waals surface area contributed by atoms with Gasteiger partial charge < -0.3 is 19.0 Å². The standard InChI is InChI=1S/C28H38O4Si/c1-27(2,3)33(22-13-7-4-8-14-22,23-15-9-5-10-16-23)32-21-19-24(29)26-25(20-21)30-28(31-26)17-11-6-12-18-28/h4-5,7-10,13-16,21,24-26,29H,6,11-12,17-20H2,1-3H3/t21-,24+,25+,26-/m0/s1. The summed E-state index contributed by atoms with van der Waals surface area (Å²) in [6.45, 7) is 6.90. The van der Waals surface area contributed by atoms with Crippen LogP contribution < -0.4 is 10.4 Å². The molecule has 0 amide bonds. The van der Waals surface area contributed by atoms with E-state index in [0.29, 0.717) is 6.42 Å². The minimum atomic E-state index is -2.67. The van der Waals surface area contributed by atoms with Crippen LogP contribution in [-0.4, -0.2) is 43.6 Å². The molecule has 178 valence electrons. The SMILES string of the molecule is CC(C)(C)[Si](O[C@H]1C[C@@H](O)[C@@H]2OC3(CCCCC3)O[C@@H]2C1)(c1ccccc1)c1ccccc1. The van der Waals surface area contributed by atoms with Crippen molar-refractivity contribution in [2.75, 3.05) is 0 Å². The van der Waals surface area contributed by atoms with Crippen molar-refractivity contribution in [2.24, 2.45) is 0 Å². The lowest BCUT2D eigenvalue weighted by atomic mass is 9.90. The van der Waals surface area contributed by atoms with Crippen LogP contribution >= 0.6 is 0 Å². The molecule has 5 heteroatoms. The average molecular weight is 467 g/mol. The van der Waals surface area contributed by atoms with Crippen molar-refractivity contribution in [1.29, 1.82) is 0 Å². The van der Waals surface area contributed by atoms with Gasteiger partial charge in [0, 0.05) is 25.7 Å². The van der Waals surface area contributed by atoms with E-state index >= 15 is 0 Å². The van der Waals surface area contributed by atoms with Crippen LogP contribution in [0.15, 0.2) is 60.7 Å². The number of hydrogen-bond donors (Lipinski definition) is 1. The molecule has 1 aliphatic heterocycles. The summed E-state index contributed by atoms with van der Waals surface area (Å²) in [7, 11) is -2.67. The lowest BCUT2D eigenvalue weighted by Gasteiger charge is -2.47. The summed E-state index contributed by atoms with van der Waals surface area (Å²) in [5, 5.41) is 13.6. The molecule has 2 aliphatic carbocycles. The fourth-order valence-corrected chi connectivity index (χ4v) is 11.0. The van der Waals surface area contributed by atoms with Crippen LogP contribution in [0.1, 0.15) is 65.7 Å². The van der Waals surface area contributed by atoms with Gasteiger partial charge in [-0.25, -0.2) is 0 Å². The van der Waals surface area contributed by atoms with E-state index in [1.54, 1.807) is 0 Å². The molecule has 4 nitrogen and oxygen atoms in total. The molecule has 0 bridgehead atoms. The highest BCUT2D eigenvalue weighted by atomic mass is 28.4. The van der Waals surface area contributed by atoms with Gasteiger partial charge in [0.1, 0.15) is 6.10 Å². The summed E-state index contributed by atoms with van der Waals surface area (Å²) in [4.78, 5) is 0. The maximum Gasteiger partial charge on any atom is 0.261 e. The van der Waals surface area contributed by atoms with Crippen LogP contribution in [0.5, 0.6) is 0 Å². The van der Waals surface area contributed by atoms with Crippen LogP contribution in [0.2, 0.25) is 5.04 Å². The van der Waals surface area contributed by atoms with Crippen molar-refractivity contribution in [3.05, 3.63) is 60.7 Å². The molecule has 4 atom stereocenters. The molecule has 1 heterocycles. The molecule has 3 fully saturated rings. The Morgan fingerprint density at radius 1 is 0.848 bits per heavy atom. The van der Waals surface area contributed by atoms with Gasteiger partial charge in [-0.3, -0.25) is 0 Å². The Morgan fingerprint density at radius 3 is 1.97 bits per heavy atom. The molecule has 2 saturated carbocycles. The summed E-state index contributed by atoms with van der Waals surface area (Å²) in [6, 6.07) is 21.5. The topological polar surface area (TPSA) is 47.9 Å². The summed E-state index contributed by atoms with van der Waals surface area (Å²) >= 11 is 0. The maximum atomic E-state index is 11.1. The molecular weight excluding hydrogens is 428 g/mol. The second-order valence-corrected chi connectivity index (χ2v) is 15.4. The molecule has 0 aromatic heterocycles. The summed E-state index contributed by atoms with van der Waals surface area (Å²) < 4.78 is 20.3. The fourth-order valence-electron chi connectivity index (χ4n) is 6.33. The van der Waals surface area contributed by atoms with Crippen LogP contribution in [-0.2, 0) is 13.9 Å². The Hall–Kier alpha value is -1.50. The number of aliphatic hydroxyl groups excluding tert-OH is 1. The number of aliphatic hydroxyl groups is 1. The molecule has 0 radical (unpaired) electrons. The van der Waals surface area contributed by atoms with Gasteiger partial charge in [-0.05, 0) is 28.3 Å². The van der Waals surface area contributed by atoms with Crippen LogP contribution in [0.4, 0.5) is 0 Å². The summed E-state index contributed by atoms with van der Waals surface area (Å²) in [5.74, 6) is -0.485. The smallest absolute Gasteiger partial charge is 0.261 e. The Kier molecular flexibility index (Phi) is 6.29. The second kappa shape index (κ2) is 8.93. The van der Waals surface area contributed by atoms with E-state index in [2.05, 4.69) is 81.4 Å². The minimum absolute atomic E-state index is 0.0742. The van der Waals surface area contributed by atoms with Gasteiger partial charge in [-0.1, -0.05) is 87.9 Å². The highest BCUT2D eigenvalue weighted by molar-refractivity contribution is 6.99. The summed E-state index contributed by atoms with van der Waals surface area (Å²) in [5.41, 5.74) is 0. The Balaban J connectivity index is 1.48. The third-order valence-electron chi connectivity index (χ3n) is 7.84. The minimum Gasteiger partial charge on any atom is -0.404 e. The Bertz CT molecular complexity index is 880. The van der Waals surface area contributed by atoms with E-state index in [-0.39, 0.29) is 23.4 Å². The number of ether oxygens (including phenoxy) is 2. The first-order valence-corrected chi connectivity index (χ1v) is 14.6. The molecule has 0 unspecified atom stereocenters. The number of hydrogen-bond acceptors (Lipinski definition) is 4. The normalized spacial score (nSPS) is 29.7. The molecule has 33 heavy (non-hydrogen) atoms. The lowest BCUT2D eigenvalue weighted by molar-refractivity contribution is -0.198. The highest BCUT2D eigenvalue weighted by Gasteiger charge is 2.56. The molecule has 1 spiro atoms. The molecule has 1 saturated heterocycles. The fraction of sp³-hybridized carbons (Fsp3) is 0.571. The zero-order chi connectivity index (χ0) is 23.1. The first kappa shape index (κ1) is 23.2. The van der Waals surface area contributed by atoms with Gasteiger partial charge in [0.2, 0.25) is 0 Å². The predicted octanol–water partition coefficient (Wildman–Crippen LogP) is 4.53. The summed E-state index contributed by atoms with van der Waals surface area (Å²) in [6.07, 6.45) is 5.78. The Morgan fingerprint density at radius 2 is 1.42 bits per heavy atom. The van der Waals surface area contributed by atoms with E-state index in [1.165, 1.54) is 16.8 Å². The van der Waals surface area contributed by atoms with Crippen molar-refractivity contribution in [3.8, 4) is 0 Å². The third kappa shape index (κ3) is 4.23. The zero-order valence-corrected chi connectivity index (χ0v) is 21.2. The van der Waals surface area contributed by atoms with Crippen molar-refractivity contribution in [3.63, 3.8) is 0 Å². The van der Waals surface area contributed by atoms with E-state index in [1.807, 2.05) is 0 Å². The molecular formula is C28H38O4Si. The van der Waals surface area contributed by atoms with Crippen LogP contribution in [0.3, 0.4) is 0 Å². The number of rotatable bonds is 4. The molecule has 1 N–H and O–H groups in total.